The third-order valence-corrected chi connectivity index (χ3v) is 4.64. The molecule has 3 heteroatoms. The maximum absolute atomic E-state index is 12.0. The van der Waals surface area contributed by atoms with Crippen molar-refractivity contribution in [3.05, 3.63) is 35.3 Å². The van der Waals surface area contributed by atoms with Gasteiger partial charge in [-0.2, -0.15) is 0 Å². The van der Waals surface area contributed by atoms with E-state index in [1.807, 2.05) is 19.9 Å². The standard InChI is InChI=1S/C11H17NOS/c1-4-10(6-5-9(2)3)14(12,13)11-7-8-11/h4-6,11-12H,2,7-8H2,1,3H3/b6-5-,10-4+/t14-/m0/s1. The Morgan fingerprint density at radius 2 is 2.07 bits per heavy atom. The minimum absolute atomic E-state index is 0.0865. The van der Waals surface area contributed by atoms with Crippen molar-refractivity contribution in [1.82, 2.24) is 0 Å². The van der Waals surface area contributed by atoms with Crippen LogP contribution in [0.5, 0.6) is 0 Å². The van der Waals surface area contributed by atoms with Gasteiger partial charge in [-0.05, 0) is 32.8 Å². The van der Waals surface area contributed by atoms with Crippen molar-refractivity contribution in [1.29, 1.82) is 4.78 Å². The van der Waals surface area contributed by atoms with Crippen molar-refractivity contribution in [2.45, 2.75) is 31.9 Å². The third kappa shape index (κ3) is 2.58. The van der Waals surface area contributed by atoms with E-state index in [2.05, 4.69) is 6.58 Å². The molecule has 1 rings (SSSR count). The molecule has 0 bridgehead atoms. The lowest BCUT2D eigenvalue weighted by Crippen LogP contribution is -2.06. The number of hydrogen-bond acceptors (Lipinski definition) is 2. The highest BCUT2D eigenvalue weighted by Gasteiger charge is 2.33. The van der Waals surface area contributed by atoms with Crippen molar-refractivity contribution >= 4 is 9.73 Å². The molecule has 1 aliphatic carbocycles. The largest absolute Gasteiger partial charge is 0.249 e. The summed E-state index contributed by atoms with van der Waals surface area (Å²) in [5, 5.41) is 0.0865. The monoisotopic (exact) mass is 211 g/mol. The van der Waals surface area contributed by atoms with Crippen LogP contribution in [0.3, 0.4) is 0 Å². The van der Waals surface area contributed by atoms with E-state index in [1.54, 1.807) is 12.2 Å². The summed E-state index contributed by atoms with van der Waals surface area (Å²) < 4.78 is 19.8. The Labute approximate surface area is 86.4 Å². The van der Waals surface area contributed by atoms with Gasteiger partial charge in [0.15, 0.2) is 0 Å². The van der Waals surface area contributed by atoms with Gasteiger partial charge >= 0.3 is 0 Å². The first-order valence-electron chi connectivity index (χ1n) is 4.76. The van der Waals surface area contributed by atoms with E-state index in [0.29, 0.717) is 4.91 Å². The SMILES string of the molecule is C=C(C)/C=C\C(=C/C)[S@](=N)(=O)C1CC1. The fourth-order valence-electron chi connectivity index (χ4n) is 1.19. The Bertz CT molecular complexity index is 384. The molecular weight excluding hydrogens is 194 g/mol. The van der Waals surface area contributed by atoms with Crippen LogP contribution >= 0.6 is 0 Å². The molecule has 0 heterocycles. The van der Waals surface area contributed by atoms with E-state index in [1.165, 1.54) is 0 Å². The van der Waals surface area contributed by atoms with E-state index >= 15 is 0 Å². The average Bonchev–Trinajstić information content (AvgIpc) is 2.86. The second kappa shape index (κ2) is 4.13. The molecule has 0 aliphatic heterocycles. The van der Waals surface area contributed by atoms with Crippen molar-refractivity contribution in [2.75, 3.05) is 0 Å². The van der Waals surface area contributed by atoms with Crippen molar-refractivity contribution < 1.29 is 4.21 Å². The first-order valence-corrected chi connectivity index (χ1v) is 6.38. The van der Waals surface area contributed by atoms with Crippen molar-refractivity contribution in [3.63, 3.8) is 0 Å². The Morgan fingerprint density at radius 1 is 1.50 bits per heavy atom. The summed E-state index contributed by atoms with van der Waals surface area (Å²) in [7, 11) is -2.54. The Balaban J connectivity index is 2.88. The topological polar surface area (TPSA) is 40.9 Å². The van der Waals surface area contributed by atoms with Crippen molar-refractivity contribution in [3.8, 4) is 0 Å². The lowest BCUT2D eigenvalue weighted by Gasteiger charge is -2.05. The number of allylic oxidation sites excluding steroid dienone is 4. The van der Waals surface area contributed by atoms with E-state index in [0.717, 1.165) is 18.4 Å². The Morgan fingerprint density at radius 3 is 2.43 bits per heavy atom. The third-order valence-electron chi connectivity index (χ3n) is 2.16. The van der Waals surface area contributed by atoms with Crippen LogP contribution in [0.4, 0.5) is 0 Å². The molecule has 2 nitrogen and oxygen atoms in total. The fourth-order valence-corrected chi connectivity index (χ4v) is 2.99. The van der Waals surface area contributed by atoms with Gasteiger partial charge in [0.05, 0.1) is 9.73 Å². The highest BCUT2D eigenvalue weighted by Crippen LogP contribution is 2.34. The first kappa shape index (κ1) is 11.2. The lowest BCUT2D eigenvalue weighted by molar-refractivity contribution is 0.678. The van der Waals surface area contributed by atoms with Gasteiger partial charge in [0.25, 0.3) is 0 Å². The molecule has 1 atom stereocenters. The molecule has 1 saturated carbocycles. The molecule has 0 amide bonds. The summed E-state index contributed by atoms with van der Waals surface area (Å²) in [6, 6.07) is 0. The van der Waals surface area contributed by atoms with Gasteiger partial charge in [0.1, 0.15) is 0 Å². The molecule has 0 aromatic rings. The minimum atomic E-state index is -2.54. The van der Waals surface area contributed by atoms with E-state index in [4.69, 9.17) is 4.78 Å². The van der Waals surface area contributed by atoms with Crippen LogP contribution in [0, 0.1) is 4.78 Å². The predicted octanol–water partition coefficient (Wildman–Crippen LogP) is 3.23. The molecular formula is C11H17NOS. The van der Waals surface area contributed by atoms with Gasteiger partial charge in [-0.1, -0.05) is 24.3 Å². The van der Waals surface area contributed by atoms with Gasteiger partial charge in [-0.25, -0.2) is 8.99 Å². The number of nitrogens with one attached hydrogen (secondary N) is 1. The number of rotatable bonds is 4. The zero-order valence-electron chi connectivity index (χ0n) is 8.75. The van der Waals surface area contributed by atoms with Crippen molar-refractivity contribution in [2.24, 2.45) is 0 Å². The Kier molecular flexibility index (Phi) is 3.32. The summed E-state index contributed by atoms with van der Waals surface area (Å²) >= 11 is 0. The molecule has 78 valence electrons. The second-order valence-corrected chi connectivity index (χ2v) is 6.01. The molecule has 0 unspecified atom stereocenters. The molecule has 0 saturated heterocycles. The highest BCUT2D eigenvalue weighted by molar-refractivity contribution is 7.97. The fraction of sp³-hybridized carbons (Fsp3) is 0.455. The van der Waals surface area contributed by atoms with Gasteiger partial charge in [0.2, 0.25) is 0 Å². The Hall–Kier alpha value is -0.830. The summed E-state index contributed by atoms with van der Waals surface area (Å²) in [5.74, 6) is 0. The molecule has 14 heavy (non-hydrogen) atoms. The summed E-state index contributed by atoms with van der Waals surface area (Å²) in [6.45, 7) is 7.45. The summed E-state index contributed by atoms with van der Waals surface area (Å²) in [4.78, 5) is 0.642. The van der Waals surface area contributed by atoms with Gasteiger partial charge in [-0.3, -0.25) is 0 Å². The normalized spacial score (nSPS) is 22.3. The molecule has 0 aromatic carbocycles. The zero-order valence-corrected chi connectivity index (χ0v) is 9.56. The molecule has 1 N–H and O–H groups in total. The van der Waals surface area contributed by atoms with Crippen LogP contribution in [0.1, 0.15) is 26.7 Å². The smallest absolute Gasteiger partial charge is 0.0751 e. The predicted molar refractivity (Wildman–Crippen MR) is 61.6 cm³/mol. The van der Waals surface area contributed by atoms with E-state index in [-0.39, 0.29) is 5.25 Å². The average molecular weight is 211 g/mol. The maximum Gasteiger partial charge on any atom is 0.0751 e. The highest BCUT2D eigenvalue weighted by atomic mass is 32.2. The van der Waals surface area contributed by atoms with Crippen LogP contribution in [0.2, 0.25) is 0 Å². The first-order chi connectivity index (χ1) is 6.48. The van der Waals surface area contributed by atoms with E-state index in [9.17, 15) is 4.21 Å². The van der Waals surface area contributed by atoms with Gasteiger partial charge in [-0.15, -0.1) is 0 Å². The second-order valence-electron chi connectivity index (χ2n) is 3.67. The van der Waals surface area contributed by atoms with Crippen LogP contribution in [0.15, 0.2) is 35.3 Å². The lowest BCUT2D eigenvalue weighted by atomic mass is 10.3. The molecule has 1 fully saturated rings. The van der Waals surface area contributed by atoms with E-state index < -0.39 is 9.73 Å². The summed E-state index contributed by atoms with van der Waals surface area (Å²) in [5.41, 5.74) is 0.912. The van der Waals surface area contributed by atoms with Crippen LogP contribution < -0.4 is 0 Å². The summed E-state index contributed by atoms with van der Waals surface area (Å²) in [6.07, 6.45) is 7.20. The van der Waals surface area contributed by atoms with Crippen LogP contribution in [-0.2, 0) is 9.73 Å². The molecule has 0 aromatic heterocycles. The van der Waals surface area contributed by atoms with Crippen LogP contribution in [0.25, 0.3) is 0 Å². The van der Waals surface area contributed by atoms with Gasteiger partial charge in [0, 0.05) is 10.2 Å². The van der Waals surface area contributed by atoms with Gasteiger partial charge < -0.3 is 0 Å². The number of hydrogen-bond donors (Lipinski definition) is 1. The molecule has 0 radical (unpaired) electrons. The molecule has 1 aliphatic rings. The zero-order chi connectivity index (χ0) is 10.8. The maximum atomic E-state index is 12.0. The van der Waals surface area contributed by atoms with Crippen LogP contribution in [-0.4, -0.2) is 9.46 Å². The quantitative estimate of drug-likeness (QED) is 0.713. The molecule has 0 spiro atoms. The minimum Gasteiger partial charge on any atom is -0.249 e.